The van der Waals surface area contributed by atoms with Crippen molar-refractivity contribution in [1.29, 1.82) is 0 Å². The van der Waals surface area contributed by atoms with Crippen LogP contribution in [0.2, 0.25) is 10.0 Å². The van der Waals surface area contributed by atoms with Crippen LogP contribution in [-0.2, 0) is 17.1 Å². The first kappa shape index (κ1) is 19.7. The molecule has 1 aromatic heterocycles. The number of halogens is 2. The Kier molecular flexibility index (Phi) is 6.77. The van der Waals surface area contributed by atoms with Gasteiger partial charge in [-0.1, -0.05) is 64.3 Å². The van der Waals surface area contributed by atoms with Crippen LogP contribution in [0.1, 0.15) is 17.0 Å². The van der Waals surface area contributed by atoms with Crippen molar-refractivity contribution in [3.05, 3.63) is 69.5 Å². The number of thioether (sulfide) groups is 1. The maximum Gasteiger partial charge on any atom is 0.246 e. The molecule has 0 spiro atoms. The van der Waals surface area contributed by atoms with Gasteiger partial charge in [0.15, 0.2) is 0 Å². The van der Waals surface area contributed by atoms with E-state index in [-0.39, 0.29) is 18.2 Å². The molecule has 1 heterocycles. The standard InChI is InChI=1S/C19H17Cl2N3O2S/c1-12-5-7-13(8-6-12)19-23-18(26-24-19)9-22-17(25)11-27-10-14-15(20)3-2-4-16(14)21/h2-8H,9-11H2,1H3,(H,22,25). The van der Waals surface area contributed by atoms with Crippen molar-refractivity contribution in [2.45, 2.75) is 19.2 Å². The molecular weight excluding hydrogens is 405 g/mol. The molecule has 1 amide bonds. The maximum atomic E-state index is 12.0. The predicted molar refractivity (Wildman–Crippen MR) is 109 cm³/mol. The van der Waals surface area contributed by atoms with Crippen molar-refractivity contribution in [2.24, 2.45) is 0 Å². The smallest absolute Gasteiger partial charge is 0.246 e. The van der Waals surface area contributed by atoms with E-state index in [1.807, 2.05) is 31.2 Å². The van der Waals surface area contributed by atoms with Gasteiger partial charge in [-0.2, -0.15) is 4.98 Å². The number of benzene rings is 2. The van der Waals surface area contributed by atoms with E-state index >= 15 is 0 Å². The summed E-state index contributed by atoms with van der Waals surface area (Å²) in [5, 5.41) is 7.91. The first-order valence-corrected chi connectivity index (χ1v) is 10.1. The molecule has 3 rings (SSSR count). The SMILES string of the molecule is Cc1ccc(-c2noc(CNC(=O)CSCc3c(Cl)cccc3Cl)n2)cc1. The Hall–Kier alpha value is -2.02. The quantitative estimate of drug-likeness (QED) is 0.587. The lowest BCUT2D eigenvalue weighted by Crippen LogP contribution is -2.24. The third kappa shape index (κ3) is 5.48. The van der Waals surface area contributed by atoms with Gasteiger partial charge >= 0.3 is 0 Å². The molecule has 1 N–H and O–H groups in total. The fraction of sp³-hybridized carbons (Fsp3) is 0.211. The molecule has 0 fully saturated rings. The summed E-state index contributed by atoms with van der Waals surface area (Å²) in [5.41, 5.74) is 2.86. The monoisotopic (exact) mass is 421 g/mol. The average Bonchev–Trinajstić information content (AvgIpc) is 3.12. The largest absolute Gasteiger partial charge is 0.346 e. The number of nitrogens with one attached hydrogen (secondary N) is 1. The van der Waals surface area contributed by atoms with Crippen LogP contribution in [0.15, 0.2) is 47.0 Å². The van der Waals surface area contributed by atoms with Gasteiger partial charge in [0, 0.05) is 21.4 Å². The lowest BCUT2D eigenvalue weighted by Gasteiger charge is -2.06. The summed E-state index contributed by atoms with van der Waals surface area (Å²) in [6.45, 7) is 2.20. The fourth-order valence-electron chi connectivity index (χ4n) is 2.29. The molecule has 0 saturated carbocycles. The summed E-state index contributed by atoms with van der Waals surface area (Å²) in [7, 11) is 0. The van der Waals surface area contributed by atoms with E-state index in [2.05, 4.69) is 15.5 Å². The van der Waals surface area contributed by atoms with Gasteiger partial charge in [0.1, 0.15) is 0 Å². The fourth-order valence-corrected chi connectivity index (χ4v) is 3.88. The maximum absolute atomic E-state index is 12.0. The second-order valence-electron chi connectivity index (χ2n) is 5.85. The number of nitrogens with zero attached hydrogens (tertiary/aromatic N) is 2. The van der Waals surface area contributed by atoms with Crippen LogP contribution in [0, 0.1) is 6.92 Å². The predicted octanol–water partition coefficient (Wildman–Crippen LogP) is 4.90. The zero-order valence-corrected chi connectivity index (χ0v) is 16.9. The van der Waals surface area contributed by atoms with Crippen molar-refractivity contribution >= 4 is 40.9 Å². The third-order valence-corrected chi connectivity index (χ3v) is 5.42. The molecule has 140 valence electrons. The van der Waals surface area contributed by atoms with Gasteiger partial charge in [-0.3, -0.25) is 4.79 Å². The summed E-state index contributed by atoms with van der Waals surface area (Å²) in [4.78, 5) is 16.3. The number of carbonyl (C=O) groups excluding carboxylic acids is 1. The third-order valence-electron chi connectivity index (χ3n) is 3.76. The molecule has 0 unspecified atom stereocenters. The molecule has 2 aromatic carbocycles. The minimum Gasteiger partial charge on any atom is -0.346 e. The van der Waals surface area contributed by atoms with E-state index in [9.17, 15) is 4.79 Å². The summed E-state index contributed by atoms with van der Waals surface area (Å²) < 4.78 is 5.19. The Morgan fingerprint density at radius 3 is 2.56 bits per heavy atom. The molecule has 0 atom stereocenters. The zero-order chi connectivity index (χ0) is 19.2. The van der Waals surface area contributed by atoms with Gasteiger partial charge in [0.05, 0.1) is 12.3 Å². The van der Waals surface area contributed by atoms with Crippen molar-refractivity contribution in [1.82, 2.24) is 15.5 Å². The number of hydrogen-bond acceptors (Lipinski definition) is 5. The van der Waals surface area contributed by atoms with E-state index in [4.69, 9.17) is 27.7 Å². The summed E-state index contributed by atoms with van der Waals surface area (Å²) in [6.07, 6.45) is 0. The molecular formula is C19H17Cl2N3O2S. The number of amides is 1. The van der Waals surface area contributed by atoms with E-state index in [1.165, 1.54) is 11.8 Å². The van der Waals surface area contributed by atoms with Crippen LogP contribution >= 0.6 is 35.0 Å². The van der Waals surface area contributed by atoms with Gasteiger partial charge in [-0.15, -0.1) is 11.8 Å². The minimum atomic E-state index is -0.127. The molecule has 8 heteroatoms. The molecule has 27 heavy (non-hydrogen) atoms. The number of hydrogen-bond donors (Lipinski definition) is 1. The van der Waals surface area contributed by atoms with Crippen molar-refractivity contribution in [2.75, 3.05) is 5.75 Å². The van der Waals surface area contributed by atoms with Gasteiger partial charge in [0.25, 0.3) is 0 Å². The Morgan fingerprint density at radius 2 is 1.85 bits per heavy atom. The summed E-state index contributed by atoms with van der Waals surface area (Å²) >= 11 is 13.7. The second kappa shape index (κ2) is 9.26. The number of aryl methyl sites for hydroxylation is 1. The number of carbonyl (C=O) groups is 1. The Bertz CT molecular complexity index is 909. The Morgan fingerprint density at radius 1 is 1.15 bits per heavy atom. The van der Waals surface area contributed by atoms with Crippen LogP contribution in [0.5, 0.6) is 0 Å². The number of rotatable bonds is 7. The van der Waals surface area contributed by atoms with Gasteiger partial charge in [-0.25, -0.2) is 0 Å². The molecule has 3 aromatic rings. The van der Waals surface area contributed by atoms with Crippen molar-refractivity contribution < 1.29 is 9.32 Å². The highest BCUT2D eigenvalue weighted by Gasteiger charge is 2.11. The second-order valence-corrected chi connectivity index (χ2v) is 7.65. The minimum absolute atomic E-state index is 0.127. The highest BCUT2D eigenvalue weighted by atomic mass is 35.5. The first-order valence-electron chi connectivity index (χ1n) is 8.20. The zero-order valence-electron chi connectivity index (χ0n) is 14.5. The summed E-state index contributed by atoms with van der Waals surface area (Å²) in [6, 6.07) is 13.2. The van der Waals surface area contributed by atoms with Gasteiger partial charge < -0.3 is 9.84 Å². The normalized spacial score (nSPS) is 10.8. The molecule has 0 aliphatic heterocycles. The molecule has 0 bridgehead atoms. The van der Waals surface area contributed by atoms with Gasteiger partial charge in [-0.05, 0) is 24.6 Å². The van der Waals surface area contributed by atoms with Gasteiger partial charge in [0.2, 0.25) is 17.6 Å². The van der Waals surface area contributed by atoms with Crippen LogP contribution in [0.4, 0.5) is 0 Å². The molecule has 0 aliphatic rings. The van der Waals surface area contributed by atoms with Crippen molar-refractivity contribution in [3.63, 3.8) is 0 Å². The van der Waals surface area contributed by atoms with Crippen LogP contribution in [0.25, 0.3) is 11.4 Å². The van der Waals surface area contributed by atoms with Crippen LogP contribution in [0.3, 0.4) is 0 Å². The van der Waals surface area contributed by atoms with Crippen LogP contribution in [-0.4, -0.2) is 21.8 Å². The first-order chi connectivity index (χ1) is 13.0. The lowest BCUT2D eigenvalue weighted by molar-refractivity contribution is -0.118. The lowest BCUT2D eigenvalue weighted by atomic mass is 10.1. The molecule has 5 nitrogen and oxygen atoms in total. The van der Waals surface area contributed by atoms with Crippen molar-refractivity contribution in [3.8, 4) is 11.4 Å². The topological polar surface area (TPSA) is 68.0 Å². The molecule has 0 aliphatic carbocycles. The molecule has 0 radical (unpaired) electrons. The Labute approximate surface area is 171 Å². The van der Waals surface area contributed by atoms with E-state index in [0.29, 0.717) is 27.5 Å². The average molecular weight is 422 g/mol. The van der Waals surface area contributed by atoms with Crippen LogP contribution < -0.4 is 5.32 Å². The van der Waals surface area contributed by atoms with E-state index in [1.54, 1.807) is 18.2 Å². The van der Waals surface area contributed by atoms with E-state index < -0.39 is 0 Å². The molecule has 0 saturated heterocycles. The summed E-state index contributed by atoms with van der Waals surface area (Å²) in [5.74, 6) is 1.57. The highest BCUT2D eigenvalue weighted by molar-refractivity contribution is 7.99. The van der Waals surface area contributed by atoms with E-state index in [0.717, 1.165) is 16.7 Å². The number of aromatic nitrogens is 2. The highest BCUT2D eigenvalue weighted by Crippen LogP contribution is 2.28. The Balaban J connectivity index is 1.46.